The minimum atomic E-state index is -0.612. The lowest BCUT2D eigenvalue weighted by Crippen LogP contribution is -2.47. The molecule has 0 bridgehead atoms. The summed E-state index contributed by atoms with van der Waals surface area (Å²) in [5.74, 6) is -0.612. The molecule has 0 unspecified atom stereocenters. The molecule has 2 N–H and O–H groups in total. The van der Waals surface area contributed by atoms with Gasteiger partial charge >= 0.3 is 0 Å². The van der Waals surface area contributed by atoms with Crippen LogP contribution in [0, 0.1) is 0 Å². The first-order valence-corrected chi connectivity index (χ1v) is 4.62. The zero-order valence-electron chi connectivity index (χ0n) is 7.58. The number of Topliss-reactive ketones (excluding diaryl/α,β-unsaturated/α-hetero) is 1. The number of fused-ring (bicyclic) bond motifs is 1. The van der Waals surface area contributed by atoms with Gasteiger partial charge in [-0.05, 0) is 0 Å². The Balaban J connectivity index is 2.85. The second kappa shape index (κ2) is 3.74. The highest BCUT2D eigenvalue weighted by atomic mass is 35.5. The number of ketones is 1. The molecule has 76 valence electrons. The summed E-state index contributed by atoms with van der Waals surface area (Å²) >= 11 is 5.89. The van der Waals surface area contributed by atoms with Gasteiger partial charge in [-0.3, -0.25) is 20.4 Å². The zero-order chi connectivity index (χ0) is 10.8. The average molecular weight is 223 g/mol. The molecule has 0 spiro atoms. The van der Waals surface area contributed by atoms with E-state index in [0.717, 1.165) is 0 Å². The van der Waals surface area contributed by atoms with Gasteiger partial charge in [-0.15, -0.1) is 0 Å². The first kappa shape index (κ1) is 9.73. The van der Waals surface area contributed by atoms with E-state index in [1.54, 1.807) is 24.3 Å². The average Bonchev–Trinajstić information content (AvgIpc) is 2.29. The Hall–Kier alpha value is -1.81. The molecule has 1 aliphatic heterocycles. The van der Waals surface area contributed by atoms with E-state index in [1.807, 2.05) is 0 Å². The van der Waals surface area contributed by atoms with Crippen molar-refractivity contribution in [3.63, 3.8) is 0 Å². The molecule has 0 aliphatic carbocycles. The molecule has 0 saturated heterocycles. The van der Waals surface area contributed by atoms with Gasteiger partial charge in [-0.2, -0.15) is 0 Å². The molecule has 1 aromatic carbocycles. The Morgan fingerprint density at radius 3 is 2.53 bits per heavy atom. The molecule has 0 amide bonds. The molecule has 1 heterocycles. The van der Waals surface area contributed by atoms with Crippen LogP contribution >= 0.6 is 11.6 Å². The minimum Gasteiger partial charge on any atom is -0.296 e. The molecule has 0 saturated carbocycles. The Kier molecular flexibility index (Phi) is 2.43. The van der Waals surface area contributed by atoms with Crippen LogP contribution < -0.4 is 21.3 Å². The molecule has 4 nitrogen and oxygen atoms in total. The van der Waals surface area contributed by atoms with Crippen molar-refractivity contribution in [2.24, 2.45) is 0 Å². The number of rotatable bonds is 2. The molecule has 1 aliphatic rings. The Morgan fingerprint density at radius 2 is 1.87 bits per heavy atom. The number of hydrogen-bond donors (Lipinski definition) is 2. The number of carbonyl (C=O) groups excluding carboxylic acids is 2. The van der Waals surface area contributed by atoms with Crippen LogP contribution in [0.3, 0.4) is 0 Å². The molecule has 0 atom stereocenters. The van der Waals surface area contributed by atoms with Crippen molar-refractivity contribution in [3.8, 4) is 0 Å². The molecule has 2 rings (SSSR count). The third-order valence-electron chi connectivity index (χ3n) is 2.08. The number of nitrogens with one attached hydrogen (secondary N) is 2. The molecular formula is C10H7ClN2O2. The van der Waals surface area contributed by atoms with Crippen molar-refractivity contribution in [1.82, 2.24) is 10.9 Å². The fourth-order valence-corrected chi connectivity index (χ4v) is 1.61. The predicted octanol–water partition coefficient (Wildman–Crippen LogP) is -1.02. The van der Waals surface area contributed by atoms with Crippen LogP contribution in [0.4, 0.5) is 0 Å². The van der Waals surface area contributed by atoms with Gasteiger partial charge in [0.15, 0.2) is 6.29 Å². The van der Waals surface area contributed by atoms with E-state index in [1.165, 1.54) is 0 Å². The van der Waals surface area contributed by atoms with Crippen LogP contribution in [0.2, 0.25) is 0 Å². The zero-order valence-corrected chi connectivity index (χ0v) is 8.34. The van der Waals surface area contributed by atoms with Crippen molar-refractivity contribution < 1.29 is 9.59 Å². The number of halogens is 1. The van der Waals surface area contributed by atoms with Crippen LogP contribution in [0.1, 0.15) is 0 Å². The lowest BCUT2D eigenvalue weighted by molar-refractivity contribution is -0.126. The fraction of sp³-hybridized carbons (Fsp3) is 0. The van der Waals surface area contributed by atoms with Crippen molar-refractivity contribution in [3.05, 3.63) is 34.7 Å². The highest BCUT2D eigenvalue weighted by molar-refractivity contribution is 6.46. The molecule has 15 heavy (non-hydrogen) atoms. The standard InChI is InChI=1S/C10H7ClN2O2/c11-10-7-4-2-1-3-6(7)9(12-13-10)8(15)5-14/h1-5,12-13H. The van der Waals surface area contributed by atoms with Gasteiger partial charge in [-0.25, -0.2) is 0 Å². The van der Waals surface area contributed by atoms with Gasteiger partial charge in [0.2, 0.25) is 5.78 Å². The van der Waals surface area contributed by atoms with Crippen molar-refractivity contribution in [2.45, 2.75) is 0 Å². The first-order chi connectivity index (χ1) is 7.24. The fourth-order valence-electron chi connectivity index (χ4n) is 1.40. The van der Waals surface area contributed by atoms with Crippen LogP contribution in [0.15, 0.2) is 24.3 Å². The number of benzene rings is 1. The normalized spacial score (nSPS) is 13.7. The number of hydrazine groups is 1. The lowest BCUT2D eigenvalue weighted by atomic mass is 10.1. The van der Waals surface area contributed by atoms with Gasteiger partial charge in [0.25, 0.3) is 0 Å². The van der Waals surface area contributed by atoms with E-state index in [4.69, 9.17) is 11.6 Å². The molecular weight excluding hydrogens is 216 g/mol. The minimum absolute atomic E-state index is 0.213. The smallest absolute Gasteiger partial charge is 0.243 e. The molecule has 1 aromatic rings. The lowest BCUT2D eigenvalue weighted by Gasteiger charge is -2.14. The van der Waals surface area contributed by atoms with E-state index >= 15 is 0 Å². The van der Waals surface area contributed by atoms with Gasteiger partial charge in [-0.1, -0.05) is 35.9 Å². The van der Waals surface area contributed by atoms with E-state index in [9.17, 15) is 9.59 Å². The van der Waals surface area contributed by atoms with Gasteiger partial charge in [0.05, 0.1) is 0 Å². The maximum absolute atomic E-state index is 11.3. The van der Waals surface area contributed by atoms with E-state index in [-0.39, 0.29) is 12.0 Å². The maximum atomic E-state index is 11.3. The Morgan fingerprint density at radius 1 is 1.20 bits per heavy atom. The second-order valence-corrected chi connectivity index (χ2v) is 3.34. The van der Waals surface area contributed by atoms with Gasteiger partial charge in [0, 0.05) is 10.4 Å². The van der Waals surface area contributed by atoms with E-state index in [0.29, 0.717) is 15.6 Å². The molecule has 0 radical (unpaired) electrons. The van der Waals surface area contributed by atoms with E-state index in [2.05, 4.69) is 10.9 Å². The monoisotopic (exact) mass is 222 g/mol. The van der Waals surface area contributed by atoms with Gasteiger partial charge < -0.3 is 0 Å². The molecule has 0 fully saturated rings. The summed E-state index contributed by atoms with van der Waals surface area (Å²) in [6.45, 7) is 0. The van der Waals surface area contributed by atoms with Crippen LogP contribution in [0.5, 0.6) is 0 Å². The highest BCUT2D eigenvalue weighted by Gasteiger charge is 2.13. The number of carbonyl (C=O) groups is 2. The summed E-state index contributed by atoms with van der Waals surface area (Å²) in [7, 11) is 0. The van der Waals surface area contributed by atoms with Crippen LogP contribution in [0.25, 0.3) is 10.9 Å². The SMILES string of the molecule is O=CC(=O)C1=c2ccccc2=C(Cl)NN1. The van der Waals surface area contributed by atoms with E-state index < -0.39 is 5.78 Å². The van der Waals surface area contributed by atoms with Crippen LogP contribution in [-0.4, -0.2) is 12.1 Å². The highest BCUT2D eigenvalue weighted by Crippen LogP contribution is 1.97. The summed E-state index contributed by atoms with van der Waals surface area (Å²) < 4.78 is 0. The largest absolute Gasteiger partial charge is 0.296 e. The van der Waals surface area contributed by atoms with Crippen molar-refractivity contribution >= 4 is 34.5 Å². The molecule has 0 aromatic heterocycles. The summed E-state index contributed by atoms with van der Waals surface area (Å²) in [4.78, 5) is 21.7. The second-order valence-electron chi connectivity index (χ2n) is 2.97. The third-order valence-corrected chi connectivity index (χ3v) is 2.38. The first-order valence-electron chi connectivity index (χ1n) is 4.24. The van der Waals surface area contributed by atoms with Crippen LogP contribution in [-0.2, 0) is 9.59 Å². The quantitative estimate of drug-likeness (QED) is 0.382. The summed E-state index contributed by atoms with van der Waals surface area (Å²) in [6.07, 6.45) is 0.264. The third kappa shape index (κ3) is 1.59. The number of hydrogen-bond acceptors (Lipinski definition) is 4. The topological polar surface area (TPSA) is 58.2 Å². The Labute approximate surface area is 90.2 Å². The molecule has 5 heteroatoms. The Bertz CT molecular complexity index is 551. The van der Waals surface area contributed by atoms with Crippen molar-refractivity contribution in [2.75, 3.05) is 0 Å². The predicted molar refractivity (Wildman–Crippen MR) is 55.7 cm³/mol. The van der Waals surface area contributed by atoms with Gasteiger partial charge in [0.1, 0.15) is 10.9 Å². The summed E-state index contributed by atoms with van der Waals surface area (Å²) in [5.41, 5.74) is 5.42. The summed E-state index contributed by atoms with van der Waals surface area (Å²) in [5, 5.41) is 1.72. The van der Waals surface area contributed by atoms with Crippen molar-refractivity contribution in [1.29, 1.82) is 0 Å². The summed E-state index contributed by atoms with van der Waals surface area (Å²) in [6, 6.07) is 7.07. The maximum Gasteiger partial charge on any atom is 0.243 e. The number of aldehydes is 1.